The Morgan fingerprint density at radius 1 is 1.05 bits per heavy atom. The average molecular weight is 272 g/mol. The Morgan fingerprint density at radius 3 is 1.68 bits per heavy atom. The predicted molar refractivity (Wildman–Crippen MR) is 67.7 cm³/mol. The van der Waals surface area contributed by atoms with Gasteiger partial charge >= 0.3 is 6.18 Å². The molecule has 0 saturated carbocycles. The standard InChI is InChI=1S/C6H4F3NO.C6H6.CH5N/c7-6(8,9)5-1-4(3-11)2-10-5;1-2-4-6-5-3-1;1-2/h1-3,10H;1-6H;2H2,1H3. The highest BCUT2D eigenvalue weighted by molar-refractivity contribution is 5.74. The Balaban J connectivity index is 0.000000341. The van der Waals surface area contributed by atoms with Crippen LogP contribution in [0.2, 0.25) is 0 Å². The zero-order valence-corrected chi connectivity index (χ0v) is 10.3. The highest BCUT2D eigenvalue weighted by Crippen LogP contribution is 2.27. The summed E-state index contributed by atoms with van der Waals surface area (Å²) in [5.74, 6) is 0. The van der Waals surface area contributed by atoms with Crippen molar-refractivity contribution in [1.82, 2.24) is 4.98 Å². The maximum Gasteiger partial charge on any atom is 0.431 e. The molecule has 2 aromatic rings. The van der Waals surface area contributed by atoms with Crippen molar-refractivity contribution in [2.75, 3.05) is 7.05 Å². The first kappa shape index (κ1) is 16.9. The molecule has 0 radical (unpaired) electrons. The summed E-state index contributed by atoms with van der Waals surface area (Å²) in [6, 6.07) is 12.8. The fourth-order valence-electron chi connectivity index (χ4n) is 1.03. The molecule has 1 aromatic heterocycles. The van der Waals surface area contributed by atoms with Gasteiger partial charge in [-0.2, -0.15) is 13.2 Å². The summed E-state index contributed by atoms with van der Waals surface area (Å²) in [5.41, 5.74) is 3.59. The molecule has 1 aromatic carbocycles. The second-order valence-corrected chi connectivity index (χ2v) is 3.12. The molecule has 19 heavy (non-hydrogen) atoms. The van der Waals surface area contributed by atoms with E-state index in [1.807, 2.05) is 41.4 Å². The molecule has 0 saturated heterocycles. The SMILES string of the molecule is CN.O=Cc1c[nH]c(C(F)(F)F)c1.c1ccccc1. The normalized spacial score (nSPS) is 9.53. The smallest absolute Gasteiger partial charge is 0.357 e. The molecular formula is C13H15F3N2O. The third-order valence-corrected chi connectivity index (χ3v) is 1.81. The Morgan fingerprint density at radius 2 is 1.47 bits per heavy atom. The van der Waals surface area contributed by atoms with E-state index in [0.717, 1.165) is 12.3 Å². The van der Waals surface area contributed by atoms with Crippen LogP contribution in [0.15, 0.2) is 48.7 Å². The minimum atomic E-state index is -4.40. The number of nitrogens with one attached hydrogen (secondary N) is 1. The van der Waals surface area contributed by atoms with Crippen LogP contribution < -0.4 is 5.73 Å². The van der Waals surface area contributed by atoms with E-state index < -0.39 is 11.9 Å². The van der Waals surface area contributed by atoms with Gasteiger partial charge < -0.3 is 10.7 Å². The monoisotopic (exact) mass is 272 g/mol. The van der Waals surface area contributed by atoms with Gasteiger partial charge in [0.15, 0.2) is 6.29 Å². The molecule has 0 amide bonds. The molecule has 104 valence electrons. The van der Waals surface area contributed by atoms with Crippen molar-refractivity contribution in [2.24, 2.45) is 5.73 Å². The molecule has 0 fully saturated rings. The number of carbonyl (C=O) groups is 1. The molecule has 0 bridgehead atoms. The summed E-state index contributed by atoms with van der Waals surface area (Å²) in [6.45, 7) is 0. The maximum absolute atomic E-state index is 11.8. The van der Waals surface area contributed by atoms with E-state index in [4.69, 9.17) is 0 Å². The van der Waals surface area contributed by atoms with E-state index in [1.54, 1.807) is 0 Å². The Bertz CT molecular complexity index is 426. The minimum Gasteiger partial charge on any atom is -0.357 e. The van der Waals surface area contributed by atoms with Crippen LogP contribution in [0.4, 0.5) is 13.2 Å². The topological polar surface area (TPSA) is 58.9 Å². The summed E-state index contributed by atoms with van der Waals surface area (Å²) in [5, 5.41) is 0. The van der Waals surface area contributed by atoms with E-state index in [-0.39, 0.29) is 5.56 Å². The summed E-state index contributed by atoms with van der Waals surface area (Å²) in [4.78, 5) is 11.9. The van der Waals surface area contributed by atoms with Gasteiger partial charge in [-0.25, -0.2) is 0 Å². The third kappa shape index (κ3) is 7.05. The van der Waals surface area contributed by atoms with Crippen molar-refractivity contribution < 1.29 is 18.0 Å². The summed E-state index contributed by atoms with van der Waals surface area (Å²) in [6.07, 6.45) is -3.04. The highest BCUT2D eigenvalue weighted by Gasteiger charge is 2.32. The van der Waals surface area contributed by atoms with Gasteiger partial charge in [-0.05, 0) is 13.1 Å². The molecular weight excluding hydrogens is 257 g/mol. The first-order valence-electron chi connectivity index (χ1n) is 5.32. The van der Waals surface area contributed by atoms with Gasteiger partial charge in [0.1, 0.15) is 5.69 Å². The van der Waals surface area contributed by atoms with Crippen LogP contribution in [-0.4, -0.2) is 18.3 Å². The number of aromatic amines is 1. The zero-order chi connectivity index (χ0) is 14.7. The lowest BCUT2D eigenvalue weighted by molar-refractivity contribution is -0.140. The average Bonchev–Trinajstić information content (AvgIpc) is 2.92. The summed E-state index contributed by atoms with van der Waals surface area (Å²) < 4.78 is 35.4. The van der Waals surface area contributed by atoms with Gasteiger partial charge in [0.25, 0.3) is 0 Å². The molecule has 0 unspecified atom stereocenters. The van der Waals surface area contributed by atoms with Crippen molar-refractivity contribution in [3.63, 3.8) is 0 Å². The number of nitrogens with two attached hydrogens (primary N) is 1. The number of benzene rings is 1. The third-order valence-electron chi connectivity index (χ3n) is 1.81. The number of alkyl halides is 3. The van der Waals surface area contributed by atoms with Gasteiger partial charge in [-0.3, -0.25) is 4.79 Å². The highest BCUT2D eigenvalue weighted by atomic mass is 19.4. The quantitative estimate of drug-likeness (QED) is 0.784. The maximum atomic E-state index is 11.8. The van der Waals surface area contributed by atoms with Gasteiger partial charge in [-0.15, -0.1) is 0 Å². The van der Waals surface area contributed by atoms with Crippen LogP contribution in [0.5, 0.6) is 0 Å². The van der Waals surface area contributed by atoms with E-state index in [1.165, 1.54) is 7.05 Å². The second kappa shape index (κ2) is 8.93. The summed E-state index contributed by atoms with van der Waals surface area (Å²) in [7, 11) is 1.50. The number of carbonyl (C=O) groups excluding carboxylic acids is 1. The molecule has 3 nitrogen and oxygen atoms in total. The lowest BCUT2D eigenvalue weighted by Gasteiger charge is -2.00. The van der Waals surface area contributed by atoms with Crippen LogP contribution in [0.25, 0.3) is 0 Å². The van der Waals surface area contributed by atoms with Crippen molar-refractivity contribution in [3.8, 4) is 0 Å². The molecule has 0 aliphatic carbocycles. The van der Waals surface area contributed by atoms with Crippen molar-refractivity contribution >= 4 is 6.29 Å². The molecule has 6 heteroatoms. The largest absolute Gasteiger partial charge is 0.431 e. The van der Waals surface area contributed by atoms with Crippen LogP contribution in [0.3, 0.4) is 0 Å². The lowest BCUT2D eigenvalue weighted by atomic mass is 10.3. The summed E-state index contributed by atoms with van der Waals surface area (Å²) >= 11 is 0. The molecule has 3 N–H and O–H groups in total. The fourth-order valence-corrected chi connectivity index (χ4v) is 1.03. The number of aldehydes is 1. The van der Waals surface area contributed by atoms with E-state index in [2.05, 4.69) is 5.73 Å². The predicted octanol–water partition coefficient (Wildman–Crippen LogP) is 3.11. The first-order valence-corrected chi connectivity index (χ1v) is 5.32. The lowest BCUT2D eigenvalue weighted by Crippen LogP contribution is -2.04. The first-order chi connectivity index (χ1) is 9.04. The van der Waals surface area contributed by atoms with E-state index in [9.17, 15) is 18.0 Å². The van der Waals surface area contributed by atoms with Crippen LogP contribution in [-0.2, 0) is 6.18 Å². The number of hydrogen-bond donors (Lipinski definition) is 2. The van der Waals surface area contributed by atoms with Gasteiger partial charge in [0.2, 0.25) is 0 Å². The van der Waals surface area contributed by atoms with Crippen molar-refractivity contribution in [1.29, 1.82) is 0 Å². The van der Waals surface area contributed by atoms with Crippen LogP contribution >= 0.6 is 0 Å². The molecule has 0 aliphatic heterocycles. The van der Waals surface area contributed by atoms with Crippen LogP contribution in [0, 0.1) is 0 Å². The van der Waals surface area contributed by atoms with Gasteiger partial charge in [0, 0.05) is 11.8 Å². The van der Waals surface area contributed by atoms with E-state index in [0.29, 0.717) is 6.29 Å². The molecule has 0 aliphatic rings. The number of rotatable bonds is 1. The molecule has 2 rings (SSSR count). The van der Waals surface area contributed by atoms with E-state index >= 15 is 0 Å². The fraction of sp³-hybridized carbons (Fsp3) is 0.154. The minimum absolute atomic E-state index is 0.00248. The Hall–Kier alpha value is -2.08. The van der Waals surface area contributed by atoms with Gasteiger partial charge in [-0.1, -0.05) is 36.4 Å². The molecule has 0 atom stereocenters. The zero-order valence-electron chi connectivity index (χ0n) is 10.3. The number of H-pyrrole nitrogens is 1. The Labute approximate surface area is 109 Å². The number of halogens is 3. The van der Waals surface area contributed by atoms with Crippen LogP contribution in [0.1, 0.15) is 16.1 Å². The number of aromatic nitrogens is 1. The van der Waals surface area contributed by atoms with Crippen molar-refractivity contribution in [3.05, 3.63) is 59.9 Å². The molecule has 1 heterocycles. The second-order valence-electron chi connectivity index (χ2n) is 3.12. The van der Waals surface area contributed by atoms with Crippen molar-refractivity contribution in [2.45, 2.75) is 6.18 Å². The Kier molecular flexibility index (Phi) is 7.95. The molecule has 0 spiro atoms. The number of hydrogen-bond acceptors (Lipinski definition) is 2. The van der Waals surface area contributed by atoms with Gasteiger partial charge in [0.05, 0.1) is 0 Å².